The normalized spacial score (nSPS) is 19.0. The minimum atomic E-state index is -0.290. The number of thioether (sulfide) groups is 1. The number of rotatable bonds is 3. The van der Waals surface area contributed by atoms with Crippen LogP contribution in [0.1, 0.15) is 24.5 Å². The highest BCUT2D eigenvalue weighted by Gasteiger charge is 2.31. The second-order valence-corrected chi connectivity index (χ2v) is 6.26. The number of hydrogen-bond acceptors (Lipinski definition) is 3. The first-order chi connectivity index (χ1) is 8.95. The lowest BCUT2D eigenvalue weighted by Crippen LogP contribution is -2.25. The first kappa shape index (κ1) is 14.1. The number of nitrogens with zero attached hydrogens (tertiary/aromatic N) is 1. The van der Waals surface area contributed by atoms with Crippen molar-refractivity contribution < 1.29 is 14.0 Å². The molecule has 0 aromatic heterocycles. The first-order valence-electron chi connectivity index (χ1n) is 6.15. The van der Waals surface area contributed by atoms with Crippen LogP contribution in [0.3, 0.4) is 0 Å². The standard InChI is InChI=1S/C14H16FNO2S/c1-9-3-4-12(15)5-11(9)7-16-8-13(6-14(16)18)19-10(2)17/h3-5,13H,6-8H2,1-2H3. The summed E-state index contributed by atoms with van der Waals surface area (Å²) in [6.07, 6.45) is 0.388. The minimum absolute atomic E-state index is 0.0267. The molecule has 19 heavy (non-hydrogen) atoms. The number of likely N-dealkylation sites (tertiary alicyclic amines) is 1. The third-order valence-corrected chi connectivity index (χ3v) is 4.17. The van der Waals surface area contributed by atoms with Crippen LogP contribution in [0.15, 0.2) is 18.2 Å². The van der Waals surface area contributed by atoms with Crippen molar-refractivity contribution in [3.63, 3.8) is 0 Å². The van der Waals surface area contributed by atoms with E-state index in [0.717, 1.165) is 11.1 Å². The Bertz CT molecular complexity index is 518. The van der Waals surface area contributed by atoms with Crippen molar-refractivity contribution in [1.82, 2.24) is 4.90 Å². The van der Waals surface area contributed by atoms with Gasteiger partial charge in [0.15, 0.2) is 5.12 Å². The quantitative estimate of drug-likeness (QED) is 0.854. The molecular formula is C14H16FNO2S. The molecule has 0 aliphatic carbocycles. The lowest BCUT2D eigenvalue weighted by molar-refractivity contribution is -0.128. The Morgan fingerprint density at radius 3 is 2.95 bits per heavy atom. The van der Waals surface area contributed by atoms with Crippen LogP contribution in [0.5, 0.6) is 0 Å². The van der Waals surface area contributed by atoms with Gasteiger partial charge in [0.25, 0.3) is 0 Å². The molecule has 1 aromatic rings. The van der Waals surface area contributed by atoms with Gasteiger partial charge in [-0.2, -0.15) is 0 Å². The summed E-state index contributed by atoms with van der Waals surface area (Å²) in [6, 6.07) is 4.60. The van der Waals surface area contributed by atoms with Gasteiger partial charge < -0.3 is 4.90 Å². The Balaban J connectivity index is 2.05. The van der Waals surface area contributed by atoms with Crippen molar-refractivity contribution in [2.75, 3.05) is 6.54 Å². The van der Waals surface area contributed by atoms with Crippen LogP contribution in [-0.2, 0) is 16.1 Å². The van der Waals surface area contributed by atoms with Crippen LogP contribution < -0.4 is 0 Å². The average molecular weight is 281 g/mol. The van der Waals surface area contributed by atoms with Gasteiger partial charge >= 0.3 is 0 Å². The topological polar surface area (TPSA) is 37.4 Å². The molecule has 1 amide bonds. The lowest BCUT2D eigenvalue weighted by atomic mass is 10.1. The molecule has 1 aliphatic rings. The van der Waals surface area contributed by atoms with Crippen molar-refractivity contribution in [2.45, 2.75) is 32.1 Å². The van der Waals surface area contributed by atoms with Crippen molar-refractivity contribution in [3.8, 4) is 0 Å². The second-order valence-electron chi connectivity index (χ2n) is 4.78. The summed E-state index contributed by atoms with van der Waals surface area (Å²) >= 11 is 1.21. The second kappa shape index (κ2) is 5.74. The fourth-order valence-corrected chi connectivity index (χ4v) is 3.17. The third-order valence-electron chi connectivity index (χ3n) is 3.18. The summed E-state index contributed by atoms with van der Waals surface area (Å²) < 4.78 is 13.2. The maximum atomic E-state index is 13.2. The smallest absolute Gasteiger partial charge is 0.224 e. The van der Waals surface area contributed by atoms with Gasteiger partial charge in [-0.3, -0.25) is 9.59 Å². The van der Waals surface area contributed by atoms with E-state index >= 15 is 0 Å². The Labute approximate surface area is 116 Å². The summed E-state index contributed by atoms with van der Waals surface area (Å²) in [4.78, 5) is 24.6. The van der Waals surface area contributed by atoms with Crippen LogP contribution in [0.25, 0.3) is 0 Å². The number of halogens is 1. The van der Waals surface area contributed by atoms with E-state index in [2.05, 4.69) is 0 Å². The molecule has 1 aliphatic heterocycles. The van der Waals surface area contributed by atoms with E-state index in [-0.39, 0.29) is 22.1 Å². The molecule has 0 bridgehead atoms. The van der Waals surface area contributed by atoms with Crippen LogP contribution >= 0.6 is 11.8 Å². The predicted molar refractivity (Wildman–Crippen MR) is 73.2 cm³/mol. The molecule has 1 fully saturated rings. The zero-order valence-electron chi connectivity index (χ0n) is 11.0. The van der Waals surface area contributed by atoms with Crippen LogP contribution in [0.2, 0.25) is 0 Å². The molecule has 102 valence electrons. The molecule has 3 nitrogen and oxygen atoms in total. The van der Waals surface area contributed by atoms with E-state index < -0.39 is 0 Å². The Morgan fingerprint density at radius 2 is 2.26 bits per heavy atom. The zero-order chi connectivity index (χ0) is 14.0. The third kappa shape index (κ3) is 3.56. The fraction of sp³-hybridized carbons (Fsp3) is 0.429. The first-order valence-corrected chi connectivity index (χ1v) is 7.03. The SMILES string of the molecule is CC(=O)SC1CC(=O)N(Cc2cc(F)ccc2C)C1. The number of benzene rings is 1. The molecule has 0 spiro atoms. The van der Waals surface area contributed by atoms with Crippen LogP contribution in [0, 0.1) is 12.7 Å². The Kier molecular flexibility index (Phi) is 4.24. The average Bonchev–Trinajstić information content (AvgIpc) is 2.63. The molecule has 2 rings (SSSR count). The van der Waals surface area contributed by atoms with E-state index in [1.807, 2.05) is 6.92 Å². The van der Waals surface area contributed by atoms with E-state index in [1.54, 1.807) is 11.0 Å². The van der Waals surface area contributed by atoms with Crippen molar-refractivity contribution in [1.29, 1.82) is 0 Å². The van der Waals surface area contributed by atoms with E-state index in [0.29, 0.717) is 19.5 Å². The maximum Gasteiger partial charge on any atom is 0.224 e. The van der Waals surface area contributed by atoms with Gasteiger partial charge in [-0.1, -0.05) is 17.8 Å². The molecule has 0 saturated carbocycles. The Hall–Kier alpha value is -1.36. The molecule has 1 heterocycles. The number of aryl methyl sites for hydroxylation is 1. The summed E-state index contributed by atoms with van der Waals surface area (Å²) in [5.74, 6) is -0.260. The summed E-state index contributed by atoms with van der Waals surface area (Å²) in [5, 5.41) is 0.0560. The maximum absolute atomic E-state index is 13.2. The van der Waals surface area contributed by atoms with Crippen molar-refractivity contribution >= 4 is 22.8 Å². The lowest BCUT2D eigenvalue weighted by Gasteiger charge is -2.17. The number of amides is 1. The fourth-order valence-electron chi connectivity index (χ4n) is 2.22. The zero-order valence-corrected chi connectivity index (χ0v) is 11.8. The van der Waals surface area contributed by atoms with Gasteiger partial charge in [0.1, 0.15) is 5.82 Å². The largest absolute Gasteiger partial charge is 0.337 e. The molecule has 0 N–H and O–H groups in total. The molecular weight excluding hydrogens is 265 g/mol. The molecule has 1 aromatic carbocycles. The summed E-state index contributed by atoms with van der Waals surface area (Å²) in [6.45, 7) is 4.38. The number of carbonyl (C=O) groups is 2. The van der Waals surface area contributed by atoms with Gasteiger partial charge in [-0.05, 0) is 30.2 Å². The number of carbonyl (C=O) groups excluding carboxylic acids is 2. The van der Waals surface area contributed by atoms with Crippen LogP contribution in [-0.4, -0.2) is 27.7 Å². The Morgan fingerprint density at radius 1 is 1.53 bits per heavy atom. The molecule has 1 saturated heterocycles. The molecule has 1 unspecified atom stereocenters. The molecule has 5 heteroatoms. The summed E-state index contributed by atoms with van der Waals surface area (Å²) in [7, 11) is 0. The molecule has 1 atom stereocenters. The number of hydrogen-bond donors (Lipinski definition) is 0. The highest BCUT2D eigenvalue weighted by atomic mass is 32.2. The summed E-state index contributed by atoms with van der Waals surface area (Å²) in [5.41, 5.74) is 1.79. The van der Waals surface area contributed by atoms with Gasteiger partial charge in [0, 0.05) is 31.7 Å². The van der Waals surface area contributed by atoms with Crippen LogP contribution in [0.4, 0.5) is 4.39 Å². The van der Waals surface area contributed by atoms with E-state index in [9.17, 15) is 14.0 Å². The van der Waals surface area contributed by atoms with Crippen molar-refractivity contribution in [3.05, 3.63) is 35.1 Å². The van der Waals surface area contributed by atoms with E-state index in [1.165, 1.54) is 30.8 Å². The van der Waals surface area contributed by atoms with Gasteiger partial charge in [-0.15, -0.1) is 0 Å². The monoisotopic (exact) mass is 281 g/mol. The van der Waals surface area contributed by atoms with E-state index in [4.69, 9.17) is 0 Å². The van der Waals surface area contributed by atoms with Gasteiger partial charge in [-0.25, -0.2) is 4.39 Å². The minimum Gasteiger partial charge on any atom is -0.337 e. The molecule has 0 radical (unpaired) electrons. The van der Waals surface area contributed by atoms with Gasteiger partial charge in [0.05, 0.1) is 0 Å². The predicted octanol–water partition coefficient (Wildman–Crippen LogP) is 2.51. The highest BCUT2D eigenvalue weighted by molar-refractivity contribution is 8.14. The highest BCUT2D eigenvalue weighted by Crippen LogP contribution is 2.26. The van der Waals surface area contributed by atoms with Crippen molar-refractivity contribution in [2.24, 2.45) is 0 Å². The van der Waals surface area contributed by atoms with Gasteiger partial charge in [0.2, 0.25) is 5.91 Å².